The maximum atomic E-state index is 14.4. The molecule has 3 heterocycles. The van der Waals surface area contributed by atoms with Gasteiger partial charge >= 0.3 is 6.18 Å². The fourth-order valence-electron chi connectivity index (χ4n) is 5.97. The van der Waals surface area contributed by atoms with Gasteiger partial charge in [0, 0.05) is 40.3 Å². The molecule has 1 aromatic heterocycles. The minimum absolute atomic E-state index is 0.0985. The number of halogens is 4. The highest BCUT2D eigenvalue weighted by Gasteiger charge is 2.62. The highest BCUT2D eigenvalue weighted by molar-refractivity contribution is 6.32. The first kappa shape index (κ1) is 30.1. The number of piperidine rings is 2. The Bertz CT molecular complexity index is 1180. The second-order valence-electron chi connectivity index (χ2n) is 11.0. The number of alkyl halides is 3. The summed E-state index contributed by atoms with van der Waals surface area (Å²) >= 11 is 6.30. The lowest BCUT2D eigenvalue weighted by atomic mass is 9.81. The molecular formula is C29H37ClF3N5O2. The van der Waals surface area contributed by atoms with Crippen LogP contribution >= 0.6 is 11.6 Å². The van der Waals surface area contributed by atoms with Crippen LogP contribution in [0.25, 0.3) is 0 Å². The zero-order chi connectivity index (χ0) is 29.1. The van der Waals surface area contributed by atoms with Crippen LogP contribution in [0, 0.1) is 11.8 Å². The molecule has 0 aliphatic carbocycles. The van der Waals surface area contributed by atoms with Crippen LogP contribution < -0.4 is 10.2 Å². The molecule has 7 nitrogen and oxygen atoms in total. The van der Waals surface area contributed by atoms with E-state index in [0.717, 1.165) is 38.2 Å². The number of benzene rings is 1. The number of rotatable bonds is 7. The SMILES string of the molecule is CNC(C(=O)N1CCC(CC2CCN(c3ccc(C(=O)N(C)C)c(Cl)n3)CC2)CC1)(c1ccccc1)C(F)(F)F. The molecule has 0 bridgehead atoms. The van der Waals surface area contributed by atoms with Gasteiger partial charge in [0.25, 0.3) is 11.8 Å². The zero-order valence-corrected chi connectivity index (χ0v) is 23.9. The van der Waals surface area contributed by atoms with Crippen LogP contribution in [0.4, 0.5) is 19.0 Å². The quantitative estimate of drug-likeness (QED) is 0.470. The maximum Gasteiger partial charge on any atom is 0.419 e. The van der Waals surface area contributed by atoms with Crippen molar-refractivity contribution in [3.05, 3.63) is 58.7 Å². The van der Waals surface area contributed by atoms with Crippen LogP contribution in [-0.4, -0.2) is 80.1 Å². The van der Waals surface area contributed by atoms with E-state index in [-0.39, 0.29) is 16.6 Å². The van der Waals surface area contributed by atoms with Crippen molar-refractivity contribution in [3.8, 4) is 0 Å². The number of amides is 2. The number of carbonyl (C=O) groups is 2. The van der Waals surface area contributed by atoms with Crippen LogP contribution in [0.1, 0.15) is 48.0 Å². The number of hydrogen-bond donors (Lipinski definition) is 1. The molecule has 1 atom stereocenters. The first-order valence-electron chi connectivity index (χ1n) is 13.7. The van der Waals surface area contributed by atoms with Gasteiger partial charge in [-0.05, 0) is 68.7 Å². The van der Waals surface area contributed by atoms with Crippen LogP contribution in [0.3, 0.4) is 0 Å². The van der Waals surface area contributed by atoms with E-state index in [1.54, 1.807) is 26.2 Å². The van der Waals surface area contributed by atoms with Gasteiger partial charge < -0.3 is 14.7 Å². The number of hydrogen-bond acceptors (Lipinski definition) is 5. The Kier molecular flexibility index (Phi) is 9.29. The fraction of sp³-hybridized carbons (Fsp3) is 0.552. The summed E-state index contributed by atoms with van der Waals surface area (Å²) in [6.07, 6.45) is -0.459. The minimum atomic E-state index is -4.79. The summed E-state index contributed by atoms with van der Waals surface area (Å²) in [6.45, 7) is 2.27. The van der Waals surface area contributed by atoms with Gasteiger partial charge in [-0.1, -0.05) is 41.9 Å². The van der Waals surface area contributed by atoms with Crippen LogP contribution in [-0.2, 0) is 10.3 Å². The lowest BCUT2D eigenvalue weighted by molar-refractivity contribution is -0.208. The number of pyridine rings is 1. The smallest absolute Gasteiger partial charge is 0.357 e. The van der Waals surface area contributed by atoms with E-state index >= 15 is 0 Å². The largest absolute Gasteiger partial charge is 0.419 e. The van der Waals surface area contributed by atoms with Crippen molar-refractivity contribution in [1.82, 2.24) is 20.1 Å². The number of aromatic nitrogens is 1. The molecule has 1 unspecified atom stereocenters. The van der Waals surface area contributed by atoms with Crippen molar-refractivity contribution in [3.63, 3.8) is 0 Å². The normalized spacial score (nSPS) is 18.9. The Hall–Kier alpha value is -2.85. The van der Waals surface area contributed by atoms with Gasteiger partial charge in [0.15, 0.2) is 0 Å². The van der Waals surface area contributed by atoms with Gasteiger partial charge in [-0.2, -0.15) is 13.2 Å². The summed E-state index contributed by atoms with van der Waals surface area (Å²) in [5, 5.41) is 2.52. The number of likely N-dealkylation sites (N-methyl/N-ethyl adjacent to an activating group) is 1. The summed E-state index contributed by atoms with van der Waals surface area (Å²) in [7, 11) is 4.53. The second kappa shape index (κ2) is 12.3. The van der Waals surface area contributed by atoms with E-state index in [2.05, 4.69) is 15.2 Å². The van der Waals surface area contributed by atoms with Gasteiger partial charge in [0.1, 0.15) is 11.0 Å². The van der Waals surface area contributed by atoms with Crippen molar-refractivity contribution < 1.29 is 22.8 Å². The molecule has 2 aliphatic heterocycles. The Labute approximate surface area is 238 Å². The number of likely N-dealkylation sites (tertiary alicyclic amines) is 1. The molecule has 2 fully saturated rings. The third-order valence-electron chi connectivity index (χ3n) is 8.31. The van der Waals surface area contributed by atoms with E-state index in [1.807, 2.05) is 6.07 Å². The molecule has 2 amide bonds. The maximum absolute atomic E-state index is 14.4. The van der Waals surface area contributed by atoms with Gasteiger partial charge in [-0.15, -0.1) is 0 Å². The summed E-state index contributed by atoms with van der Waals surface area (Å²) in [4.78, 5) is 35.1. The number of carbonyl (C=O) groups excluding carboxylic acids is 2. The first-order valence-corrected chi connectivity index (χ1v) is 14.1. The lowest BCUT2D eigenvalue weighted by Gasteiger charge is -2.42. The van der Waals surface area contributed by atoms with Crippen LogP contribution in [0.5, 0.6) is 0 Å². The molecule has 11 heteroatoms. The monoisotopic (exact) mass is 579 g/mol. The molecule has 2 aromatic rings. The topological polar surface area (TPSA) is 68.8 Å². The third kappa shape index (κ3) is 6.07. The summed E-state index contributed by atoms with van der Waals surface area (Å²) in [5.74, 6) is 0.498. The zero-order valence-electron chi connectivity index (χ0n) is 23.2. The van der Waals surface area contributed by atoms with Gasteiger partial charge in [-0.25, -0.2) is 4.98 Å². The Balaban J connectivity index is 1.31. The van der Waals surface area contributed by atoms with E-state index in [0.29, 0.717) is 43.3 Å². The fourth-order valence-corrected chi connectivity index (χ4v) is 6.20. The highest BCUT2D eigenvalue weighted by atomic mass is 35.5. The number of nitrogens with zero attached hydrogens (tertiary/aromatic N) is 4. The Morgan fingerprint density at radius 2 is 1.55 bits per heavy atom. The molecule has 0 radical (unpaired) electrons. The molecule has 218 valence electrons. The average Bonchev–Trinajstić information content (AvgIpc) is 2.94. The third-order valence-corrected chi connectivity index (χ3v) is 8.59. The van der Waals surface area contributed by atoms with E-state index in [4.69, 9.17) is 11.6 Å². The molecule has 4 rings (SSSR count). The molecule has 40 heavy (non-hydrogen) atoms. The van der Waals surface area contributed by atoms with Gasteiger partial charge in [-0.3, -0.25) is 14.9 Å². The van der Waals surface area contributed by atoms with Crippen LogP contribution in [0.15, 0.2) is 42.5 Å². The molecule has 0 saturated carbocycles. The molecule has 2 saturated heterocycles. The summed E-state index contributed by atoms with van der Waals surface area (Å²) in [6, 6.07) is 10.9. The Morgan fingerprint density at radius 3 is 2.05 bits per heavy atom. The standard InChI is InChI=1S/C29H37ClF3N5O2/c1-34-28(29(31,32)33,22-7-5-4-6-8-22)27(40)38-17-13-21(14-18-38)19-20-11-15-37(16-12-20)24-10-9-23(25(30)35-24)26(39)36(2)3/h4-10,20-21,34H,11-19H2,1-3H3. The molecule has 0 spiro atoms. The summed E-state index contributed by atoms with van der Waals surface area (Å²) in [5.41, 5.74) is -2.48. The van der Waals surface area contributed by atoms with Crippen molar-refractivity contribution in [1.29, 1.82) is 0 Å². The van der Waals surface area contributed by atoms with Gasteiger partial charge in [0.2, 0.25) is 5.54 Å². The van der Waals surface area contributed by atoms with Crippen molar-refractivity contribution >= 4 is 29.2 Å². The van der Waals surface area contributed by atoms with Crippen molar-refractivity contribution in [2.24, 2.45) is 11.8 Å². The number of nitrogens with one attached hydrogen (secondary N) is 1. The van der Waals surface area contributed by atoms with E-state index < -0.39 is 17.6 Å². The predicted molar refractivity (Wildman–Crippen MR) is 149 cm³/mol. The van der Waals surface area contributed by atoms with Gasteiger partial charge in [0.05, 0.1) is 5.56 Å². The van der Waals surface area contributed by atoms with Crippen LogP contribution in [0.2, 0.25) is 5.15 Å². The van der Waals surface area contributed by atoms with Crippen molar-refractivity contribution in [2.45, 2.75) is 43.8 Å². The van der Waals surface area contributed by atoms with Crippen molar-refractivity contribution in [2.75, 3.05) is 52.2 Å². The number of anilines is 1. The first-order chi connectivity index (χ1) is 19.0. The minimum Gasteiger partial charge on any atom is -0.357 e. The predicted octanol–water partition coefficient (Wildman–Crippen LogP) is 4.96. The lowest BCUT2D eigenvalue weighted by Crippen LogP contribution is -2.63. The molecule has 2 aliphatic rings. The molecular weight excluding hydrogens is 543 g/mol. The average molecular weight is 580 g/mol. The molecule has 1 aromatic carbocycles. The molecule has 1 N–H and O–H groups in total. The Morgan fingerprint density at radius 1 is 0.975 bits per heavy atom. The second-order valence-corrected chi connectivity index (χ2v) is 11.3. The highest BCUT2D eigenvalue weighted by Crippen LogP contribution is 2.41. The van der Waals surface area contributed by atoms with E-state index in [9.17, 15) is 22.8 Å². The summed E-state index contributed by atoms with van der Waals surface area (Å²) < 4.78 is 43.1. The van der Waals surface area contributed by atoms with E-state index in [1.165, 1.54) is 41.1 Å².